The molecule has 0 spiro atoms. The lowest BCUT2D eigenvalue weighted by Crippen LogP contribution is -2.29. The Morgan fingerprint density at radius 3 is 2.71 bits per heavy atom. The zero-order valence-electron chi connectivity index (χ0n) is 7.41. The summed E-state index contributed by atoms with van der Waals surface area (Å²) in [6, 6.07) is 8.74. The van der Waals surface area contributed by atoms with Gasteiger partial charge in [-0.1, -0.05) is 12.1 Å². The topological polar surface area (TPSA) is 58.3 Å². The van der Waals surface area contributed by atoms with Gasteiger partial charge in [0.05, 0.1) is 5.69 Å². The third-order valence-electron chi connectivity index (χ3n) is 1.94. The van der Waals surface area contributed by atoms with Crippen molar-refractivity contribution in [1.82, 2.24) is 9.78 Å². The first kappa shape index (κ1) is 8.99. The highest BCUT2D eigenvalue weighted by Crippen LogP contribution is 2.03. The fourth-order valence-electron chi connectivity index (χ4n) is 1.25. The van der Waals surface area contributed by atoms with Crippen molar-refractivity contribution in [2.75, 3.05) is 0 Å². The first-order valence-corrected chi connectivity index (χ1v) is 4.23. The molecule has 0 unspecified atom stereocenters. The zero-order valence-corrected chi connectivity index (χ0v) is 7.41. The Bertz CT molecular complexity index is 415. The molecule has 0 bridgehead atoms. The van der Waals surface area contributed by atoms with Crippen LogP contribution in [0.5, 0.6) is 0 Å². The molecule has 2 aromatic rings. The summed E-state index contributed by atoms with van der Waals surface area (Å²) < 4.78 is 1.66. The van der Waals surface area contributed by atoms with Gasteiger partial charge >= 0.3 is 7.12 Å². The smallest absolute Gasteiger partial charge is 0.423 e. The molecule has 1 aromatic heterocycles. The van der Waals surface area contributed by atoms with Crippen LogP contribution in [-0.4, -0.2) is 26.9 Å². The minimum absolute atomic E-state index is 0.456. The number of aromatic nitrogens is 2. The molecule has 1 heterocycles. The number of hydrogen-bond acceptors (Lipinski definition) is 3. The molecule has 2 rings (SSSR count). The van der Waals surface area contributed by atoms with Gasteiger partial charge in [0.15, 0.2) is 0 Å². The van der Waals surface area contributed by atoms with Gasteiger partial charge in [-0.15, -0.1) is 0 Å². The molecule has 0 saturated heterocycles. The average Bonchev–Trinajstić information content (AvgIpc) is 2.71. The third-order valence-corrected chi connectivity index (χ3v) is 1.94. The summed E-state index contributed by atoms with van der Waals surface area (Å²) in [6.07, 6.45) is 3.46. The van der Waals surface area contributed by atoms with Crippen molar-refractivity contribution in [1.29, 1.82) is 0 Å². The molecule has 0 fully saturated rings. The van der Waals surface area contributed by atoms with E-state index < -0.39 is 7.12 Å². The summed E-state index contributed by atoms with van der Waals surface area (Å²) in [5, 5.41) is 22.0. The lowest BCUT2D eigenvalue weighted by molar-refractivity contribution is 0.426. The largest absolute Gasteiger partial charge is 0.488 e. The standard InChI is InChI=1S/C9H9BN2O2/c13-10(14)8-3-1-4-9(7-8)12-6-2-5-11-12/h1-7,13-14H. The van der Waals surface area contributed by atoms with E-state index in [1.165, 1.54) is 0 Å². The summed E-state index contributed by atoms with van der Waals surface area (Å²) in [5.74, 6) is 0. The molecular weight excluding hydrogens is 179 g/mol. The van der Waals surface area contributed by atoms with Gasteiger partial charge in [0.25, 0.3) is 0 Å². The Morgan fingerprint density at radius 1 is 1.21 bits per heavy atom. The number of rotatable bonds is 2. The van der Waals surface area contributed by atoms with Gasteiger partial charge in [0, 0.05) is 12.4 Å². The predicted molar refractivity (Wildman–Crippen MR) is 53.4 cm³/mol. The molecule has 14 heavy (non-hydrogen) atoms. The van der Waals surface area contributed by atoms with Gasteiger partial charge in [0.1, 0.15) is 0 Å². The summed E-state index contributed by atoms with van der Waals surface area (Å²) in [5.41, 5.74) is 1.26. The minimum atomic E-state index is -1.44. The van der Waals surface area contributed by atoms with E-state index in [9.17, 15) is 0 Å². The molecule has 0 radical (unpaired) electrons. The van der Waals surface area contributed by atoms with Crippen LogP contribution in [0.4, 0.5) is 0 Å². The second-order valence-corrected chi connectivity index (χ2v) is 2.92. The third kappa shape index (κ3) is 1.68. The first-order chi connectivity index (χ1) is 6.77. The maximum absolute atomic E-state index is 8.97. The highest BCUT2D eigenvalue weighted by Gasteiger charge is 2.10. The fraction of sp³-hybridized carbons (Fsp3) is 0. The number of benzene rings is 1. The quantitative estimate of drug-likeness (QED) is 0.627. The lowest BCUT2D eigenvalue weighted by Gasteiger charge is -2.03. The molecule has 70 valence electrons. The number of nitrogens with zero attached hydrogens (tertiary/aromatic N) is 2. The average molecular weight is 188 g/mol. The van der Waals surface area contributed by atoms with Gasteiger partial charge in [-0.05, 0) is 23.7 Å². The Kier molecular flexibility index (Phi) is 2.34. The van der Waals surface area contributed by atoms with Crippen LogP contribution in [0.15, 0.2) is 42.7 Å². The molecular formula is C9H9BN2O2. The van der Waals surface area contributed by atoms with Crippen LogP contribution in [-0.2, 0) is 0 Å². The molecule has 2 N–H and O–H groups in total. The monoisotopic (exact) mass is 188 g/mol. The van der Waals surface area contributed by atoms with Crippen LogP contribution < -0.4 is 5.46 Å². The molecule has 0 aliphatic heterocycles. The summed E-state index contributed by atoms with van der Waals surface area (Å²) in [4.78, 5) is 0. The molecule has 0 atom stereocenters. The Morgan fingerprint density at radius 2 is 2.07 bits per heavy atom. The van der Waals surface area contributed by atoms with Crippen LogP contribution >= 0.6 is 0 Å². The van der Waals surface area contributed by atoms with E-state index in [0.29, 0.717) is 5.46 Å². The van der Waals surface area contributed by atoms with E-state index in [4.69, 9.17) is 10.0 Å². The molecule has 5 heteroatoms. The fourth-order valence-corrected chi connectivity index (χ4v) is 1.25. The van der Waals surface area contributed by atoms with E-state index in [2.05, 4.69) is 5.10 Å². The van der Waals surface area contributed by atoms with E-state index >= 15 is 0 Å². The summed E-state index contributed by atoms with van der Waals surface area (Å²) in [6.45, 7) is 0. The van der Waals surface area contributed by atoms with Crippen molar-refractivity contribution >= 4 is 12.6 Å². The summed E-state index contributed by atoms with van der Waals surface area (Å²) in [7, 11) is -1.44. The van der Waals surface area contributed by atoms with Gasteiger partial charge in [-0.25, -0.2) is 4.68 Å². The maximum atomic E-state index is 8.97. The molecule has 0 aliphatic carbocycles. The van der Waals surface area contributed by atoms with Crippen LogP contribution in [0.3, 0.4) is 0 Å². The van der Waals surface area contributed by atoms with Crippen molar-refractivity contribution in [3.8, 4) is 5.69 Å². The van der Waals surface area contributed by atoms with E-state index in [0.717, 1.165) is 5.69 Å². The van der Waals surface area contributed by atoms with Crippen LogP contribution in [0.2, 0.25) is 0 Å². The van der Waals surface area contributed by atoms with Gasteiger partial charge < -0.3 is 10.0 Å². The van der Waals surface area contributed by atoms with Crippen molar-refractivity contribution in [2.24, 2.45) is 0 Å². The molecule has 0 amide bonds. The molecule has 0 aliphatic rings. The van der Waals surface area contributed by atoms with Crippen LogP contribution in [0.1, 0.15) is 0 Å². The van der Waals surface area contributed by atoms with Gasteiger partial charge in [0.2, 0.25) is 0 Å². The van der Waals surface area contributed by atoms with E-state index in [-0.39, 0.29) is 0 Å². The van der Waals surface area contributed by atoms with Crippen molar-refractivity contribution in [3.63, 3.8) is 0 Å². The normalized spacial score (nSPS) is 10.1. The first-order valence-electron chi connectivity index (χ1n) is 4.23. The second kappa shape index (κ2) is 3.65. The number of hydrogen-bond donors (Lipinski definition) is 2. The summed E-state index contributed by atoms with van der Waals surface area (Å²) >= 11 is 0. The Labute approximate surface area is 81.6 Å². The SMILES string of the molecule is OB(O)c1cccc(-n2cccn2)c1. The second-order valence-electron chi connectivity index (χ2n) is 2.92. The van der Waals surface area contributed by atoms with Gasteiger partial charge in [-0.3, -0.25) is 0 Å². The highest BCUT2D eigenvalue weighted by molar-refractivity contribution is 6.58. The Hall–Kier alpha value is -1.59. The van der Waals surface area contributed by atoms with Crippen molar-refractivity contribution in [2.45, 2.75) is 0 Å². The molecule has 4 nitrogen and oxygen atoms in total. The predicted octanol–water partition coefficient (Wildman–Crippen LogP) is -0.448. The Balaban J connectivity index is 2.41. The van der Waals surface area contributed by atoms with Crippen LogP contribution in [0.25, 0.3) is 5.69 Å². The molecule has 0 saturated carbocycles. The minimum Gasteiger partial charge on any atom is -0.423 e. The molecule has 1 aromatic carbocycles. The maximum Gasteiger partial charge on any atom is 0.488 e. The lowest BCUT2D eigenvalue weighted by atomic mass is 9.80. The zero-order chi connectivity index (χ0) is 9.97. The highest BCUT2D eigenvalue weighted by atomic mass is 16.4. The van der Waals surface area contributed by atoms with E-state index in [1.54, 1.807) is 35.3 Å². The van der Waals surface area contributed by atoms with E-state index in [1.807, 2.05) is 12.1 Å². The van der Waals surface area contributed by atoms with Crippen molar-refractivity contribution < 1.29 is 10.0 Å². The van der Waals surface area contributed by atoms with Crippen molar-refractivity contribution in [3.05, 3.63) is 42.7 Å². The van der Waals surface area contributed by atoms with Crippen LogP contribution in [0, 0.1) is 0 Å². The van der Waals surface area contributed by atoms with Gasteiger partial charge in [-0.2, -0.15) is 5.10 Å².